The highest BCUT2D eigenvalue weighted by Crippen LogP contribution is 2.22. The van der Waals surface area contributed by atoms with Crippen molar-refractivity contribution < 1.29 is 17.4 Å². The van der Waals surface area contributed by atoms with E-state index in [4.69, 9.17) is 4.18 Å². The van der Waals surface area contributed by atoms with Crippen molar-refractivity contribution in [3.05, 3.63) is 0 Å². The van der Waals surface area contributed by atoms with Gasteiger partial charge in [-0.05, 0) is 6.92 Å². The lowest BCUT2D eigenvalue weighted by molar-refractivity contribution is -0.128. The van der Waals surface area contributed by atoms with Crippen LogP contribution < -0.4 is 0 Å². The summed E-state index contributed by atoms with van der Waals surface area (Å²) in [5.74, 6) is -0.0936. The maximum absolute atomic E-state index is 11.1. The maximum atomic E-state index is 11.1. The van der Waals surface area contributed by atoms with Crippen molar-refractivity contribution in [2.45, 2.75) is 12.5 Å². The summed E-state index contributed by atoms with van der Waals surface area (Å²) in [7, 11) is 0. The highest BCUT2D eigenvalue weighted by Gasteiger charge is 2.42. The zero-order chi connectivity index (χ0) is 8.48. The summed E-state index contributed by atoms with van der Waals surface area (Å²) in [4.78, 5) is 11.1. The van der Waals surface area contributed by atoms with E-state index in [2.05, 4.69) is 4.18 Å². The minimum atomic E-state index is -1.74. The Kier molecular flexibility index (Phi) is 3.01. The van der Waals surface area contributed by atoms with Crippen molar-refractivity contribution in [3.63, 3.8) is 0 Å². The monoisotopic (exact) mass is 290 g/mol. The Morgan fingerprint density at radius 1 is 1.82 bits per heavy atom. The average Bonchev–Trinajstić information content (AvgIpc) is 2.31. The third kappa shape index (κ3) is 1.98. The van der Waals surface area contributed by atoms with E-state index in [1.165, 1.54) is 0 Å². The molecular weight excluding hydrogens is 283 g/mol. The van der Waals surface area contributed by atoms with Crippen molar-refractivity contribution in [1.82, 2.24) is 0 Å². The molecule has 1 saturated heterocycles. The third-order valence-electron chi connectivity index (χ3n) is 1.39. The second-order valence-electron chi connectivity index (χ2n) is 2.34. The van der Waals surface area contributed by atoms with Crippen LogP contribution in [-0.4, -0.2) is 26.6 Å². The normalized spacial score (nSPS) is 37.5. The van der Waals surface area contributed by atoms with Crippen LogP contribution in [0.2, 0.25) is 0 Å². The highest BCUT2D eigenvalue weighted by atomic mass is 127. The largest absolute Gasteiger partial charge is 0.305 e. The van der Waals surface area contributed by atoms with Crippen LogP contribution in [0.4, 0.5) is 0 Å². The summed E-state index contributed by atoms with van der Waals surface area (Å²) in [6.07, 6.45) is 0. The first kappa shape index (κ1) is 9.56. The second kappa shape index (κ2) is 3.46. The molecule has 11 heavy (non-hydrogen) atoms. The van der Waals surface area contributed by atoms with Crippen molar-refractivity contribution in [1.29, 1.82) is 0 Å². The molecule has 0 aromatic rings. The molecule has 0 bridgehead atoms. The molecule has 6 heteroatoms. The van der Waals surface area contributed by atoms with Crippen molar-refractivity contribution >= 4 is 39.7 Å². The van der Waals surface area contributed by atoms with Gasteiger partial charge in [0.05, 0.1) is 4.43 Å². The van der Waals surface area contributed by atoms with Crippen LogP contribution in [0.3, 0.4) is 0 Å². The lowest BCUT2D eigenvalue weighted by atomic mass is 10.0. The Morgan fingerprint density at radius 3 is 2.82 bits per heavy atom. The fourth-order valence-electron chi connectivity index (χ4n) is 0.627. The first-order valence-corrected chi connectivity index (χ1v) is 5.45. The van der Waals surface area contributed by atoms with E-state index >= 15 is 0 Å². The SMILES string of the molecule is CC1(C(=O)CI)COS(=O)O1. The zero-order valence-corrected chi connectivity index (χ0v) is 8.81. The standard InChI is InChI=1S/C5H7IO4S/c1-5(4(7)2-6)3-9-11(8)10-5/h2-3H2,1H3. The van der Waals surface area contributed by atoms with Crippen LogP contribution in [0.5, 0.6) is 0 Å². The number of hydrogen-bond acceptors (Lipinski definition) is 4. The molecule has 1 aliphatic rings. The number of ketones is 1. The molecule has 1 aliphatic heterocycles. The molecule has 0 radical (unpaired) electrons. The van der Waals surface area contributed by atoms with Crippen molar-refractivity contribution in [2.24, 2.45) is 0 Å². The predicted octanol–water partition coefficient (Wildman–Crippen LogP) is 0.375. The van der Waals surface area contributed by atoms with Gasteiger partial charge in [0, 0.05) is 0 Å². The first-order valence-electron chi connectivity index (χ1n) is 2.92. The van der Waals surface area contributed by atoms with Gasteiger partial charge in [-0.1, -0.05) is 22.6 Å². The number of carbonyl (C=O) groups excluding carboxylic acids is 1. The van der Waals surface area contributed by atoms with Crippen LogP contribution in [0, 0.1) is 0 Å². The zero-order valence-electron chi connectivity index (χ0n) is 5.83. The summed E-state index contributed by atoms with van der Waals surface area (Å²) in [6.45, 7) is 1.67. The van der Waals surface area contributed by atoms with Gasteiger partial charge in [-0.25, -0.2) is 0 Å². The van der Waals surface area contributed by atoms with Gasteiger partial charge < -0.3 is 0 Å². The Bertz CT molecular complexity index is 207. The molecule has 0 amide bonds. The molecule has 1 heterocycles. The lowest BCUT2D eigenvalue weighted by Gasteiger charge is -2.14. The summed E-state index contributed by atoms with van der Waals surface area (Å²) in [6, 6.07) is 0. The van der Waals surface area contributed by atoms with E-state index in [0.29, 0.717) is 4.43 Å². The van der Waals surface area contributed by atoms with E-state index in [0.717, 1.165) is 0 Å². The minimum absolute atomic E-state index is 0.0848. The van der Waals surface area contributed by atoms with Crippen molar-refractivity contribution in [3.8, 4) is 0 Å². The van der Waals surface area contributed by atoms with E-state index in [1.54, 1.807) is 6.92 Å². The van der Waals surface area contributed by atoms with E-state index in [-0.39, 0.29) is 12.4 Å². The van der Waals surface area contributed by atoms with E-state index in [9.17, 15) is 9.00 Å². The fraction of sp³-hybridized carbons (Fsp3) is 0.800. The van der Waals surface area contributed by atoms with Gasteiger partial charge >= 0.3 is 11.4 Å². The summed E-state index contributed by atoms with van der Waals surface area (Å²) in [5, 5.41) is 0. The predicted molar refractivity (Wildman–Crippen MR) is 47.5 cm³/mol. The number of hydrogen-bond donors (Lipinski definition) is 0. The Labute approximate surface area is 80.6 Å². The fourth-order valence-corrected chi connectivity index (χ4v) is 2.24. The molecule has 2 unspecified atom stereocenters. The van der Waals surface area contributed by atoms with Crippen LogP contribution >= 0.6 is 22.6 Å². The molecular formula is C5H7IO4S. The second-order valence-corrected chi connectivity index (χ2v) is 3.91. The molecule has 0 aliphatic carbocycles. The molecule has 0 saturated carbocycles. The molecule has 0 spiro atoms. The molecule has 64 valence electrons. The Morgan fingerprint density at radius 2 is 2.45 bits per heavy atom. The Hall–Kier alpha value is 0.470. The number of rotatable bonds is 2. The van der Waals surface area contributed by atoms with Gasteiger partial charge in [-0.2, -0.15) is 4.21 Å². The molecule has 1 fully saturated rings. The first-order chi connectivity index (χ1) is 5.08. The number of alkyl halides is 1. The molecule has 0 aromatic heterocycles. The van der Waals surface area contributed by atoms with E-state index < -0.39 is 17.0 Å². The molecule has 4 nitrogen and oxygen atoms in total. The quantitative estimate of drug-likeness (QED) is 0.545. The van der Waals surface area contributed by atoms with Crippen LogP contribution in [0.25, 0.3) is 0 Å². The Balaban J connectivity index is 2.69. The average molecular weight is 290 g/mol. The summed E-state index contributed by atoms with van der Waals surface area (Å²) < 4.78 is 20.3. The molecule has 0 aromatic carbocycles. The molecule has 0 N–H and O–H groups in total. The highest BCUT2D eigenvalue weighted by molar-refractivity contribution is 14.1. The topological polar surface area (TPSA) is 52.6 Å². The van der Waals surface area contributed by atoms with Crippen LogP contribution in [-0.2, 0) is 24.5 Å². The number of halogens is 1. The molecule has 1 rings (SSSR count). The third-order valence-corrected chi connectivity index (χ3v) is 2.90. The van der Waals surface area contributed by atoms with Gasteiger partial charge in [-0.3, -0.25) is 13.2 Å². The number of Topliss-reactive ketones (excluding diaryl/α,β-unsaturated/α-hetero) is 1. The smallest absolute Gasteiger partial charge is 0.295 e. The van der Waals surface area contributed by atoms with Gasteiger partial charge in [0.1, 0.15) is 6.61 Å². The van der Waals surface area contributed by atoms with Crippen LogP contribution in [0.15, 0.2) is 0 Å². The molecule has 2 atom stereocenters. The van der Waals surface area contributed by atoms with Gasteiger partial charge in [-0.15, -0.1) is 0 Å². The van der Waals surface area contributed by atoms with Gasteiger partial charge in [0.25, 0.3) is 0 Å². The summed E-state index contributed by atoms with van der Waals surface area (Å²) in [5.41, 5.74) is -0.994. The summed E-state index contributed by atoms with van der Waals surface area (Å²) >= 11 is 0.198. The minimum Gasteiger partial charge on any atom is -0.295 e. The van der Waals surface area contributed by atoms with Crippen molar-refractivity contribution in [2.75, 3.05) is 11.0 Å². The van der Waals surface area contributed by atoms with Gasteiger partial charge in [0.15, 0.2) is 11.4 Å². The van der Waals surface area contributed by atoms with E-state index in [1.807, 2.05) is 22.6 Å². The van der Waals surface area contributed by atoms with Crippen LogP contribution in [0.1, 0.15) is 6.92 Å². The lowest BCUT2D eigenvalue weighted by Crippen LogP contribution is -2.38. The maximum Gasteiger partial charge on any atom is 0.305 e. The number of carbonyl (C=O) groups is 1. The van der Waals surface area contributed by atoms with Gasteiger partial charge in [0.2, 0.25) is 0 Å².